The number of aliphatic hydroxyl groups excluding tert-OH is 1. The summed E-state index contributed by atoms with van der Waals surface area (Å²) in [5, 5.41) is 25.7. The lowest BCUT2D eigenvalue weighted by Crippen LogP contribution is -2.61. The predicted octanol–water partition coefficient (Wildman–Crippen LogP) is 3.15. The summed E-state index contributed by atoms with van der Waals surface area (Å²) in [5.74, 6) is -1.61. The highest BCUT2D eigenvalue weighted by atomic mass is 16.6. The second kappa shape index (κ2) is 9.04. The second-order valence-corrected chi connectivity index (χ2v) is 8.99. The number of aromatic nitrogens is 2. The number of benzene rings is 2. The van der Waals surface area contributed by atoms with Crippen LogP contribution in [0.15, 0.2) is 66.4 Å². The summed E-state index contributed by atoms with van der Waals surface area (Å²) in [6.07, 6.45) is -0.479. The van der Waals surface area contributed by atoms with E-state index in [1.807, 2.05) is 43.3 Å². The summed E-state index contributed by atoms with van der Waals surface area (Å²) in [5.41, 5.74) is 3.51. The van der Waals surface area contributed by atoms with Gasteiger partial charge in [0.1, 0.15) is 12.3 Å². The monoisotopic (exact) mass is 488 g/mol. The SMILES string of the molecule is Cc1cc(C2=C(C(=O)OCc3ccc([N+](=O)[O-])cc3)N3C(=O)[C@H]([C@@H](C)O)[C@H]3C2)nn1-c1ccccc1. The van der Waals surface area contributed by atoms with Crippen molar-refractivity contribution in [2.45, 2.75) is 39.0 Å². The number of carbonyl (C=O) groups is 2. The molecule has 1 N–H and O–H groups in total. The number of amides is 1. The average molecular weight is 489 g/mol. The lowest BCUT2D eigenvalue weighted by atomic mass is 9.83. The van der Waals surface area contributed by atoms with E-state index in [1.54, 1.807) is 11.6 Å². The first-order valence-electron chi connectivity index (χ1n) is 11.5. The fourth-order valence-corrected chi connectivity index (χ4v) is 4.87. The molecule has 3 aromatic rings. The molecule has 184 valence electrons. The molecule has 10 heteroatoms. The summed E-state index contributed by atoms with van der Waals surface area (Å²) in [6, 6.07) is 16.8. The number of rotatable bonds is 7. The number of para-hydroxylation sites is 1. The molecule has 0 radical (unpaired) electrons. The van der Waals surface area contributed by atoms with Crippen LogP contribution in [-0.2, 0) is 20.9 Å². The highest BCUT2D eigenvalue weighted by molar-refractivity contribution is 6.06. The Labute approximate surface area is 206 Å². The first-order valence-corrected chi connectivity index (χ1v) is 11.5. The third-order valence-electron chi connectivity index (χ3n) is 6.64. The van der Waals surface area contributed by atoms with Gasteiger partial charge in [-0.3, -0.25) is 14.9 Å². The minimum atomic E-state index is -0.848. The maximum Gasteiger partial charge on any atom is 0.355 e. The first-order chi connectivity index (χ1) is 17.3. The van der Waals surface area contributed by atoms with Crippen LogP contribution in [0.1, 0.15) is 30.3 Å². The number of aliphatic hydroxyl groups is 1. The van der Waals surface area contributed by atoms with Gasteiger partial charge in [-0.15, -0.1) is 0 Å². The second-order valence-electron chi connectivity index (χ2n) is 8.99. The van der Waals surface area contributed by atoms with Crippen LogP contribution in [0.5, 0.6) is 0 Å². The van der Waals surface area contributed by atoms with Gasteiger partial charge in [0.2, 0.25) is 5.91 Å². The maximum absolute atomic E-state index is 13.3. The predicted molar refractivity (Wildman–Crippen MR) is 129 cm³/mol. The highest BCUT2D eigenvalue weighted by Gasteiger charge is 2.57. The average Bonchev–Trinajstić information content (AvgIpc) is 3.41. The molecule has 36 heavy (non-hydrogen) atoms. The molecule has 1 aromatic heterocycles. The third kappa shape index (κ3) is 3.95. The molecule has 1 fully saturated rings. The van der Waals surface area contributed by atoms with Crippen molar-refractivity contribution >= 4 is 23.1 Å². The van der Waals surface area contributed by atoms with Gasteiger partial charge in [-0.2, -0.15) is 5.10 Å². The number of nitrogens with zero attached hydrogens (tertiary/aromatic N) is 4. The molecule has 10 nitrogen and oxygen atoms in total. The zero-order valence-corrected chi connectivity index (χ0v) is 19.7. The van der Waals surface area contributed by atoms with Gasteiger partial charge >= 0.3 is 5.97 Å². The van der Waals surface area contributed by atoms with Crippen LogP contribution in [0.25, 0.3) is 11.3 Å². The van der Waals surface area contributed by atoms with Crippen molar-refractivity contribution in [3.63, 3.8) is 0 Å². The molecule has 1 amide bonds. The molecule has 2 aliphatic heterocycles. The molecule has 0 bridgehead atoms. The van der Waals surface area contributed by atoms with E-state index < -0.39 is 22.9 Å². The van der Waals surface area contributed by atoms with Crippen molar-refractivity contribution < 1.29 is 24.4 Å². The minimum Gasteiger partial charge on any atom is -0.456 e. The molecule has 0 aliphatic carbocycles. The summed E-state index contributed by atoms with van der Waals surface area (Å²) in [7, 11) is 0. The van der Waals surface area contributed by atoms with Crippen LogP contribution < -0.4 is 0 Å². The number of fused-ring (bicyclic) bond motifs is 1. The Balaban J connectivity index is 1.46. The molecule has 1 saturated heterocycles. The highest BCUT2D eigenvalue weighted by Crippen LogP contribution is 2.47. The molecular weight excluding hydrogens is 464 g/mol. The van der Waals surface area contributed by atoms with Crippen molar-refractivity contribution in [1.82, 2.24) is 14.7 Å². The molecule has 3 heterocycles. The van der Waals surface area contributed by atoms with E-state index in [2.05, 4.69) is 0 Å². The number of ether oxygens (including phenoxy) is 1. The molecule has 5 rings (SSSR count). The number of hydrogen-bond donors (Lipinski definition) is 1. The Morgan fingerprint density at radius 3 is 2.56 bits per heavy atom. The number of hydrogen-bond acceptors (Lipinski definition) is 7. The van der Waals surface area contributed by atoms with Crippen LogP contribution in [0.3, 0.4) is 0 Å². The summed E-state index contributed by atoms with van der Waals surface area (Å²) >= 11 is 0. The fraction of sp³-hybridized carbons (Fsp3) is 0.269. The number of β-lactam (4-membered cyclic amide) rings is 1. The van der Waals surface area contributed by atoms with Gasteiger partial charge in [-0.1, -0.05) is 18.2 Å². The fourth-order valence-electron chi connectivity index (χ4n) is 4.87. The van der Waals surface area contributed by atoms with Crippen molar-refractivity contribution in [1.29, 1.82) is 0 Å². The number of nitro groups is 1. The first kappa shape index (κ1) is 23.4. The minimum absolute atomic E-state index is 0.0616. The summed E-state index contributed by atoms with van der Waals surface area (Å²) in [6.45, 7) is 3.36. The third-order valence-corrected chi connectivity index (χ3v) is 6.64. The van der Waals surface area contributed by atoms with E-state index in [0.29, 0.717) is 23.3 Å². The van der Waals surface area contributed by atoms with Crippen LogP contribution in [0.4, 0.5) is 5.69 Å². The maximum atomic E-state index is 13.3. The Hall–Kier alpha value is -4.31. The lowest BCUT2D eigenvalue weighted by Gasteiger charge is -2.44. The molecule has 3 atom stereocenters. The normalized spacial score (nSPS) is 19.6. The van der Waals surface area contributed by atoms with Gasteiger partial charge in [0.15, 0.2) is 0 Å². The van der Waals surface area contributed by atoms with Crippen molar-refractivity contribution in [3.05, 3.63) is 93.4 Å². The van der Waals surface area contributed by atoms with Gasteiger partial charge in [-0.05, 0) is 56.2 Å². The molecule has 2 aromatic carbocycles. The largest absolute Gasteiger partial charge is 0.456 e. The van der Waals surface area contributed by atoms with Crippen LogP contribution in [0.2, 0.25) is 0 Å². The van der Waals surface area contributed by atoms with E-state index in [4.69, 9.17) is 9.84 Å². The molecular formula is C26H24N4O6. The number of non-ortho nitro benzene ring substituents is 1. The number of aryl methyl sites for hydroxylation is 1. The molecule has 0 saturated carbocycles. The van der Waals surface area contributed by atoms with Crippen molar-refractivity contribution in [2.24, 2.45) is 5.92 Å². The molecule has 0 spiro atoms. The van der Waals surface area contributed by atoms with E-state index in [9.17, 15) is 24.8 Å². The summed E-state index contributed by atoms with van der Waals surface area (Å²) < 4.78 is 7.29. The van der Waals surface area contributed by atoms with Gasteiger partial charge < -0.3 is 14.7 Å². The van der Waals surface area contributed by atoms with Crippen molar-refractivity contribution in [3.8, 4) is 5.69 Å². The number of esters is 1. The van der Waals surface area contributed by atoms with Crippen LogP contribution in [0, 0.1) is 23.0 Å². The smallest absolute Gasteiger partial charge is 0.355 e. The van der Waals surface area contributed by atoms with Gasteiger partial charge in [0.05, 0.1) is 34.4 Å². The molecule has 0 unspecified atom stereocenters. The van der Waals surface area contributed by atoms with Gasteiger partial charge in [0.25, 0.3) is 5.69 Å². The van der Waals surface area contributed by atoms with Crippen LogP contribution >= 0.6 is 0 Å². The topological polar surface area (TPSA) is 128 Å². The Morgan fingerprint density at radius 1 is 1.22 bits per heavy atom. The van der Waals surface area contributed by atoms with Crippen LogP contribution in [-0.4, -0.2) is 48.7 Å². The summed E-state index contributed by atoms with van der Waals surface area (Å²) in [4.78, 5) is 37.9. The van der Waals surface area contributed by atoms with E-state index in [-0.39, 0.29) is 29.9 Å². The van der Waals surface area contributed by atoms with E-state index in [0.717, 1.165) is 11.4 Å². The zero-order valence-electron chi connectivity index (χ0n) is 19.7. The number of carbonyl (C=O) groups excluding carboxylic acids is 2. The van der Waals surface area contributed by atoms with E-state index >= 15 is 0 Å². The van der Waals surface area contributed by atoms with Crippen molar-refractivity contribution in [2.75, 3.05) is 0 Å². The standard InChI is InChI=1S/C26H24N4O6/c1-15-12-21(27-29(15)18-6-4-3-5-7-18)20-13-22-23(16(2)31)25(32)28(22)24(20)26(33)36-14-17-8-10-19(11-9-17)30(34)35/h3-12,16,22-23,31H,13-14H2,1-2H3/t16-,22-,23-/m1/s1. The quantitative estimate of drug-likeness (QED) is 0.234. The Morgan fingerprint density at radius 2 is 1.92 bits per heavy atom. The Bertz CT molecular complexity index is 1380. The lowest BCUT2D eigenvalue weighted by molar-refractivity contribution is -0.384. The number of nitro benzene ring substituents is 1. The van der Waals surface area contributed by atoms with E-state index in [1.165, 1.54) is 29.2 Å². The molecule has 2 aliphatic rings. The Kier molecular flexibility index (Phi) is 5.89. The van der Waals surface area contributed by atoms with Gasteiger partial charge in [0, 0.05) is 23.4 Å². The van der Waals surface area contributed by atoms with Gasteiger partial charge in [-0.25, -0.2) is 9.48 Å². The zero-order chi connectivity index (χ0) is 25.6.